The highest BCUT2D eigenvalue weighted by molar-refractivity contribution is 9.10. The predicted octanol–water partition coefficient (Wildman–Crippen LogP) is 2.66. The Morgan fingerprint density at radius 3 is 2.57 bits per heavy atom. The summed E-state index contributed by atoms with van der Waals surface area (Å²) in [6, 6.07) is 9.95. The molecule has 1 rings (SSSR count). The maximum atomic E-state index is 9.33. The van der Waals surface area contributed by atoms with E-state index in [-0.39, 0.29) is 6.42 Å². The van der Waals surface area contributed by atoms with Crippen molar-refractivity contribution in [3.05, 3.63) is 34.3 Å². The molecule has 2 nitrogen and oxygen atoms in total. The summed E-state index contributed by atoms with van der Waals surface area (Å²) in [6.45, 7) is 0. The van der Waals surface area contributed by atoms with Crippen LogP contribution in [0.4, 0.5) is 0 Å². The second-order valence-electron chi connectivity index (χ2n) is 3.18. The second kappa shape index (κ2) is 5.79. The Bertz CT molecular complexity index is 315. The molecule has 74 valence electrons. The van der Waals surface area contributed by atoms with Gasteiger partial charge in [-0.15, -0.1) is 0 Å². The third-order valence-corrected chi connectivity index (χ3v) is 2.54. The van der Waals surface area contributed by atoms with Gasteiger partial charge >= 0.3 is 0 Å². The molecule has 1 unspecified atom stereocenters. The van der Waals surface area contributed by atoms with Crippen LogP contribution in [-0.2, 0) is 6.42 Å². The molecule has 0 aliphatic carbocycles. The van der Waals surface area contributed by atoms with Crippen LogP contribution in [0.1, 0.15) is 18.4 Å². The molecule has 0 saturated heterocycles. The Balaban J connectivity index is 2.39. The smallest absolute Gasteiger partial charge is 0.0673 e. The van der Waals surface area contributed by atoms with E-state index in [1.54, 1.807) is 0 Å². The van der Waals surface area contributed by atoms with E-state index in [0.717, 1.165) is 10.9 Å². The van der Waals surface area contributed by atoms with Gasteiger partial charge in [0.1, 0.15) is 0 Å². The highest BCUT2D eigenvalue weighted by Crippen LogP contribution is 2.12. The number of benzene rings is 1. The Morgan fingerprint density at radius 1 is 1.36 bits per heavy atom. The van der Waals surface area contributed by atoms with E-state index in [9.17, 15) is 5.11 Å². The zero-order chi connectivity index (χ0) is 10.4. The molecule has 0 aromatic heterocycles. The van der Waals surface area contributed by atoms with Gasteiger partial charge in [0, 0.05) is 4.47 Å². The van der Waals surface area contributed by atoms with E-state index in [4.69, 9.17) is 5.26 Å². The van der Waals surface area contributed by atoms with Crippen LogP contribution < -0.4 is 0 Å². The monoisotopic (exact) mass is 253 g/mol. The fourth-order valence-corrected chi connectivity index (χ4v) is 1.46. The van der Waals surface area contributed by atoms with E-state index in [1.807, 2.05) is 30.3 Å². The summed E-state index contributed by atoms with van der Waals surface area (Å²) < 4.78 is 1.05. The SMILES string of the molecule is N#CCC(O)CCc1ccc(Br)cc1. The van der Waals surface area contributed by atoms with Crippen LogP contribution in [-0.4, -0.2) is 11.2 Å². The summed E-state index contributed by atoms with van der Waals surface area (Å²) in [5.74, 6) is 0. The molecule has 0 spiro atoms. The molecule has 1 aromatic carbocycles. The zero-order valence-electron chi connectivity index (χ0n) is 7.78. The molecular weight excluding hydrogens is 242 g/mol. The highest BCUT2D eigenvalue weighted by Gasteiger charge is 2.03. The van der Waals surface area contributed by atoms with Crippen molar-refractivity contribution in [1.82, 2.24) is 0 Å². The van der Waals surface area contributed by atoms with Crippen LogP contribution in [0.15, 0.2) is 28.7 Å². The van der Waals surface area contributed by atoms with E-state index < -0.39 is 6.10 Å². The first kappa shape index (κ1) is 11.2. The molecule has 0 fully saturated rings. The lowest BCUT2D eigenvalue weighted by Gasteiger charge is -2.05. The van der Waals surface area contributed by atoms with Gasteiger partial charge in [-0.3, -0.25) is 0 Å². The van der Waals surface area contributed by atoms with Gasteiger partial charge in [-0.2, -0.15) is 5.26 Å². The van der Waals surface area contributed by atoms with Crippen molar-refractivity contribution in [2.24, 2.45) is 0 Å². The first-order valence-electron chi connectivity index (χ1n) is 4.52. The third-order valence-electron chi connectivity index (χ3n) is 2.01. The van der Waals surface area contributed by atoms with Crippen molar-refractivity contribution in [2.45, 2.75) is 25.4 Å². The molecular formula is C11H12BrNO. The quantitative estimate of drug-likeness (QED) is 0.897. The normalized spacial score (nSPS) is 12.1. The third kappa shape index (κ3) is 3.91. The molecule has 3 heteroatoms. The van der Waals surface area contributed by atoms with Crippen LogP contribution in [0.25, 0.3) is 0 Å². The minimum Gasteiger partial charge on any atom is -0.392 e. The van der Waals surface area contributed by atoms with Gasteiger partial charge in [0.05, 0.1) is 18.6 Å². The van der Waals surface area contributed by atoms with Gasteiger partial charge in [-0.1, -0.05) is 28.1 Å². The molecule has 1 atom stereocenters. The molecule has 1 N–H and O–H groups in total. The van der Waals surface area contributed by atoms with Crippen molar-refractivity contribution in [1.29, 1.82) is 5.26 Å². The minimum absolute atomic E-state index is 0.219. The lowest BCUT2D eigenvalue weighted by molar-refractivity contribution is 0.170. The number of rotatable bonds is 4. The molecule has 0 radical (unpaired) electrons. The topological polar surface area (TPSA) is 44.0 Å². The molecule has 0 amide bonds. The van der Waals surface area contributed by atoms with Crippen molar-refractivity contribution in [3.63, 3.8) is 0 Å². The summed E-state index contributed by atoms with van der Waals surface area (Å²) in [4.78, 5) is 0. The summed E-state index contributed by atoms with van der Waals surface area (Å²) in [6.07, 6.45) is 1.19. The lowest BCUT2D eigenvalue weighted by atomic mass is 10.1. The number of halogens is 1. The van der Waals surface area contributed by atoms with Crippen LogP contribution in [0.2, 0.25) is 0 Å². The molecule has 0 bridgehead atoms. The molecule has 0 aliphatic heterocycles. The summed E-state index contributed by atoms with van der Waals surface area (Å²) in [5, 5.41) is 17.7. The predicted molar refractivity (Wildman–Crippen MR) is 58.7 cm³/mol. The van der Waals surface area contributed by atoms with E-state index in [0.29, 0.717) is 6.42 Å². The van der Waals surface area contributed by atoms with E-state index >= 15 is 0 Å². The second-order valence-corrected chi connectivity index (χ2v) is 4.10. The fraction of sp³-hybridized carbons (Fsp3) is 0.364. The standard InChI is InChI=1S/C11H12BrNO/c12-10-4-1-9(2-5-10)3-6-11(14)7-8-13/h1-2,4-5,11,14H,3,6-7H2. The first-order valence-corrected chi connectivity index (χ1v) is 5.31. The highest BCUT2D eigenvalue weighted by atomic mass is 79.9. The maximum Gasteiger partial charge on any atom is 0.0673 e. The number of hydrogen-bond donors (Lipinski definition) is 1. The Labute approximate surface area is 92.3 Å². The van der Waals surface area contributed by atoms with Crippen molar-refractivity contribution >= 4 is 15.9 Å². The van der Waals surface area contributed by atoms with Crippen LogP contribution in [0.3, 0.4) is 0 Å². The largest absolute Gasteiger partial charge is 0.392 e. The molecule has 14 heavy (non-hydrogen) atoms. The summed E-state index contributed by atoms with van der Waals surface area (Å²) in [5.41, 5.74) is 1.19. The average Bonchev–Trinajstić information content (AvgIpc) is 2.17. The van der Waals surface area contributed by atoms with Gasteiger partial charge in [-0.05, 0) is 30.5 Å². The zero-order valence-corrected chi connectivity index (χ0v) is 9.37. The first-order chi connectivity index (χ1) is 6.72. The van der Waals surface area contributed by atoms with E-state index in [1.165, 1.54) is 5.56 Å². The van der Waals surface area contributed by atoms with Crippen LogP contribution in [0, 0.1) is 11.3 Å². The van der Waals surface area contributed by atoms with Gasteiger partial charge < -0.3 is 5.11 Å². The van der Waals surface area contributed by atoms with Crippen molar-refractivity contribution < 1.29 is 5.11 Å². The number of hydrogen-bond acceptors (Lipinski definition) is 2. The number of nitrogens with zero attached hydrogens (tertiary/aromatic N) is 1. The minimum atomic E-state index is -0.497. The van der Waals surface area contributed by atoms with Gasteiger partial charge in [0.15, 0.2) is 0 Å². The van der Waals surface area contributed by atoms with Crippen molar-refractivity contribution in [3.8, 4) is 6.07 Å². The van der Waals surface area contributed by atoms with Gasteiger partial charge in [0.2, 0.25) is 0 Å². The van der Waals surface area contributed by atoms with Crippen LogP contribution >= 0.6 is 15.9 Å². The summed E-state index contributed by atoms with van der Waals surface area (Å²) >= 11 is 3.36. The van der Waals surface area contributed by atoms with Gasteiger partial charge in [-0.25, -0.2) is 0 Å². The average molecular weight is 254 g/mol. The number of nitriles is 1. The Kier molecular flexibility index (Phi) is 4.64. The maximum absolute atomic E-state index is 9.33. The number of aryl methyl sites for hydroxylation is 1. The lowest BCUT2D eigenvalue weighted by Crippen LogP contribution is -2.06. The van der Waals surface area contributed by atoms with Crippen molar-refractivity contribution in [2.75, 3.05) is 0 Å². The summed E-state index contributed by atoms with van der Waals surface area (Å²) in [7, 11) is 0. The Hall–Kier alpha value is -0.850. The van der Waals surface area contributed by atoms with E-state index in [2.05, 4.69) is 15.9 Å². The number of aliphatic hydroxyl groups excluding tert-OH is 1. The Morgan fingerprint density at radius 2 is 2.00 bits per heavy atom. The molecule has 1 aromatic rings. The number of aliphatic hydroxyl groups is 1. The van der Waals surface area contributed by atoms with Gasteiger partial charge in [0.25, 0.3) is 0 Å². The molecule has 0 heterocycles. The van der Waals surface area contributed by atoms with Crippen LogP contribution in [0.5, 0.6) is 0 Å². The fourth-order valence-electron chi connectivity index (χ4n) is 1.19. The molecule has 0 aliphatic rings. The molecule has 0 saturated carbocycles.